The van der Waals surface area contributed by atoms with Gasteiger partial charge < -0.3 is 10.4 Å². The Hall–Kier alpha value is -1.16. The molecule has 68 valence electrons. The van der Waals surface area contributed by atoms with Crippen molar-refractivity contribution in [2.24, 2.45) is 4.99 Å². The molecule has 0 rings (SSSR count). The number of hydrogen-bond acceptors (Lipinski definition) is 3. The summed E-state index contributed by atoms with van der Waals surface area (Å²) in [7, 11) is 1.70. The molecule has 4 heteroatoms. The van der Waals surface area contributed by atoms with Gasteiger partial charge in [0.1, 0.15) is 0 Å². The average molecular weight is 170 g/mol. The molecule has 0 aliphatic carbocycles. The first kappa shape index (κ1) is 10.8. The molecule has 0 aromatic rings. The van der Waals surface area contributed by atoms with E-state index in [1.165, 1.54) is 0 Å². The normalized spacial score (nSPS) is 14.2. The molecular weight excluding hydrogens is 156 g/mol. The largest absolute Gasteiger partial charge is 0.481 e. The van der Waals surface area contributed by atoms with Crippen molar-refractivity contribution >= 4 is 12.2 Å². The number of allylic oxidation sites excluding steroid dienone is 1. The number of aliphatic carboxylic acids is 1. The first-order chi connectivity index (χ1) is 5.70. The van der Waals surface area contributed by atoms with Gasteiger partial charge in [-0.3, -0.25) is 9.79 Å². The summed E-state index contributed by atoms with van der Waals surface area (Å²) in [5.74, 6) is -0.832. The van der Waals surface area contributed by atoms with Gasteiger partial charge in [-0.25, -0.2) is 0 Å². The van der Waals surface area contributed by atoms with E-state index in [-0.39, 0.29) is 12.5 Å². The number of aliphatic imine (C=N–C) groups is 1. The third-order valence-corrected chi connectivity index (χ3v) is 1.27. The fourth-order valence-electron chi connectivity index (χ4n) is 0.657. The molecule has 0 amide bonds. The van der Waals surface area contributed by atoms with Crippen LogP contribution < -0.4 is 5.32 Å². The number of hydrogen-bond donors (Lipinski definition) is 2. The van der Waals surface area contributed by atoms with E-state index in [4.69, 9.17) is 5.11 Å². The molecule has 0 aromatic heterocycles. The lowest BCUT2D eigenvalue weighted by atomic mass is 10.2. The van der Waals surface area contributed by atoms with Crippen LogP contribution in [0.1, 0.15) is 13.3 Å². The smallest absolute Gasteiger partial charge is 0.305 e. The molecule has 0 fully saturated rings. The van der Waals surface area contributed by atoms with E-state index >= 15 is 0 Å². The molecule has 0 aromatic carbocycles. The highest BCUT2D eigenvalue weighted by molar-refractivity contribution is 5.76. The van der Waals surface area contributed by atoms with Gasteiger partial charge >= 0.3 is 5.97 Å². The summed E-state index contributed by atoms with van der Waals surface area (Å²) in [5, 5.41) is 11.3. The third-order valence-electron chi connectivity index (χ3n) is 1.27. The fourth-order valence-corrected chi connectivity index (χ4v) is 0.657. The number of carbonyl (C=O) groups is 1. The first-order valence-corrected chi connectivity index (χ1v) is 3.74. The molecule has 0 aliphatic rings. The minimum atomic E-state index is -0.832. The molecule has 0 saturated carbocycles. The molecule has 1 unspecified atom stereocenters. The molecule has 0 bridgehead atoms. The van der Waals surface area contributed by atoms with Crippen LogP contribution in [0.15, 0.2) is 17.3 Å². The molecule has 2 N–H and O–H groups in total. The number of nitrogens with zero attached hydrogens (tertiary/aromatic N) is 1. The number of rotatable bonds is 5. The van der Waals surface area contributed by atoms with E-state index < -0.39 is 5.97 Å². The summed E-state index contributed by atoms with van der Waals surface area (Å²) < 4.78 is 0. The quantitative estimate of drug-likeness (QED) is 0.595. The van der Waals surface area contributed by atoms with Crippen LogP contribution in [-0.2, 0) is 4.79 Å². The number of carboxylic acids is 1. The first-order valence-electron chi connectivity index (χ1n) is 3.74. The number of carboxylic acid groups (broad SMARTS) is 1. The van der Waals surface area contributed by atoms with Gasteiger partial charge in [-0.2, -0.15) is 0 Å². The van der Waals surface area contributed by atoms with Gasteiger partial charge in [-0.05, 0) is 14.0 Å². The van der Waals surface area contributed by atoms with Gasteiger partial charge in [0.25, 0.3) is 0 Å². The SMILES string of the molecule is C/C=C\N=CC(CC(=O)O)NC. The second-order valence-corrected chi connectivity index (χ2v) is 2.27. The van der Waals surface area contributed by atoms with Crippen LogP contribution >= 0.6 is 0 Å². The Morgan fingerprint density at radius 3 is 2.83 bits per heavy atom. The maximum Gasteiger partial charge on any atom is 0.305 e. The Labute approximate surface area is 72.0 Å². The summed E-state index contributed by atoms with van der Waals surface area (Å²) in [6.07, 6.45) is 5.03. The van der Waals surface area contributed by atoms with Crippen molar-refractivity contribution in [3.8, 4) is 0 Å². The van der Waals surface area contributed by atoms with E-state index in [1.807, 2.05) is 6.92 Å². The second-order valence-electron chi connectivity index (χ2n) is 2.27. The molecule has 0 radical (unpaired) electrons. The molecule has 12 heavy (non-hydrogen) atoms. The molecule has 0 heterocycles. The van der Waals surface area contributed by atoms with Gasteiger partial charge in [-0.15, -0.1) is 0 Å². The van der Waals surface area contributed by atoms with Crippen LogP contribution in [0.4, 0.5) is 0 Å². The van der Waals surface area contributed by atoms with Gasteiger partial charge in [0.15, 0.2) is 0 Å². The topological polar surface area (TPSA) is 61.7 Å². The van der Waals surface area contributed by atoms with Crippen molar-refractivity contribution in [2.45, 2.75) is 19.4 Å². The summed E-state index contributed by atoms with van der Waals surface area (Å²) in [6.45, 7) is 1.85. The van der Waals surface area contributed by atoms with E-state index in [0.29, 0.717) is 0 Å². The highest BCUT2D eigenvalue weighted by atomic mass is 16.4. The van der Waals surface area contributed by atoms with Crippen molar-refractivity contribution < 1.29 is 9.90 Å². The summed E-state index contributed by atoms with van der Waals surface area (Å²) in [4.78, 5) is 14.2. The minimum Gasteiger partial charge on any atom is -0.481 e. The predicted molar refractivity (Wildman–Crippen MR) is 48.4 cm³/mol. The molecule has 0 spiro atoms. The van der Waals surface area contributed by atoms with Crippen LogP contribution in [0.3, 0.4) is 0 Å². The monoisotopic (exact) mass is 170 g/mol. The van der Waals surface area contributed by atoms with Gasteiger partial charge in [0.2, 0.25) is 0 Å². The minimum absolute atomic E-state index is 0.0531. The zero-order valence-electron chi connectivity index (χ0n) is 7.32. The molecule has 0 saturated heterocycles. The Morgan fingerprint density at radius 2 is 2.42 bits per heavy atom. The van der Waals surface area contributed by atoms with Crippen molar-refractivity contribution in [1.29, 1.82) is 0 Å². The fraction of sp³-hybridized carbons (Fsp3) is 0.500. The van der Waals surface area contributed by atoms with Crippen molar-refractivity contribution in [2.75, 3.05) is 7.05 Å². The second kappa shape index (κ2) is 6.54. The maximum atomic E-state index is 10.3. The summed E-state index contributed by atoms with van der Waals surface area (Å²) in [6, 6.07) is -0.196. The van der Waals surface area contributed by atoms with Crippen molar-refractivity contribution in [3.63, 3.8) is 0 Å². The Morgan fingerprint density at radius 1 is 1.75 bits per heavy atom. The van der Waals surface area contributed by atoms with Crippen molar-refractivity contribution in [1.82, 2.24) is 5.32 Å². The van der Waals surface area contributed by atoms with E-state index in [2.05, 4.69) is 10.3 Å². The summed E-state index contributed by atoms with van der Waals surface area (Å²) >= 11 is 0. The van der Waals surface area contributed by atoms with Crippen LogP contribution in [0.2, 0.25) is 0 Å². The van der Waals surface area contributed by atoms with Crippen LogP contribution in [0.25, 0.3) is 0 Å². The zero-order chi connectivity index (χ0) is 9.40. The number of nitrogens with one attached hydrogen (secondary N) is 1. The van der Waals surface area contributed by atoms with Crippen LogP contribution in [0.5, 0.6) is 0 Å². The average Bonchev–Trinajstić information content (AvgIpc) is 2.02. The molecular formula is C8H14N2O2. The van der Waals surface area contributed by atoms with E-state index in [0.717, 1.165) is 0 Å². The van der Waals surface area contributed by atoms with Crippen LogP contribution in [-0.4, -0.2) is 30.4 Å². The molecule has 1 atom stereocenters. The van der Waals surface area contributed by atoms with Gasteiger partial charge in [-0.1, -0.05) is 6.08 Å². The molecule has 4 nitrogen and oxygen atoms in total. The molecule has 0 aliphatic heterocycles. The van der Waals surface area contributed by atoms with Gasteiger partial charge in [0, 0.05) is 12.4 Å². The maximum absolute atomic E-state index is 10.3. The summed E-state index contributed by atoms with van der Waals surface area (Å²) in [5.41, 5.74) is 0. The predicted octanol–water partition coefficient (Wildman–Crippen LogP) is 0.653. The standard InChI is InChI=1S/C8H14N2O2/c1-3-4-10-6-7(9-2)5-8(11)12/h3-4,6-7,9H,5H2,1-2H3,(H,11,12)/b4-3-,10-6?. The van der Waals surface area contributed by atoms with E-state index in [1.54, 1.807) is 25.5 Å². The zero-order valence-corrected chi connectivity index (χ0v) is 7.32. The lowest BCUT2D eigenvalue weighted by Gasteiger charge is -2.05. The van der Waals surface area contributed by atoms with Gasteiger partial charge in [0.05, 0.1) is 12.5 Å². The lowest BCUT2D eigenvalue weighted by molar-refractivity contribution is -0.137. The van der Waals surface area contributed by atoms with E-state index in [9.17, 15) is 4.79 Å². The van der Waals surface area contributed by atoms with Crippen molar-refractivity contribution in [3.05, 3.63) is 12.3 Å². The third kappa shape index (κ3) is 5.61. The Balaban J connectivity index is 3.90. The van der Waals surface area contributed by atoms with Crippen LogP contribution in [0, 0.1) is 0 Å². The highest BCUT2D eigenvalue weighted by Crippen LogP contribution is 1.88. The lowest BCUT2D eigenvalue weighted by Crippen LogP contribution is -2.29. The Kier molecular flexibility index (Phi) is 5.91. The highest BCUT2D eigenvalue weighted by Gasteiger charge is 2.06. The Bertz CT molecular complexity index is 187.